The van der Waals surface area contributed by atoms with Crippen LogP contribution in [0.15, 0.2) is 17.1 Å². The Hall–Kier alpha value is -1.53. The van der Waals surface area contributed by atoms with Gasteiger partial charge in [0.05, 0.1) is 5.56 Å². The molecule has 0 unspecified atom stereocenters. The molecule has 0 aliphatic rings. The number of hydrogen-bond acceptors (Lipinski definition) is 5. The predicted molar refractivity (Wildman–Crippen MR) is 82.2 cm³/mol. The summed E-state index contributed by atoms with van der Waals surface area (Å²) in [4.78, 5) is 14.9. The van der Waals surface area contributed by atoms with E-state index in [0.29, 0.717) is 16.6 Å². The predicted octanol–water partition coefficient (Wildman–Crippen LogP) is 2.13. The number of aromatic nitrogens is 3. The lowest BCUT2D eigenvalue weighted by Gasteiger charge is -2.05. The normalized spacial score (nSPS) is 11.2. The monoisotopic (exact) mass is 292 g/mol. The van der Waals surface area contributed by atoms with Gasteiger partial charge < -0.3 is 10.3 Å². The zero-order chi connectivity index (χ0) is 14.5. The number of pyridine rings is 1. The Morgan fingerprint density at radius 1 is 1.40 bits per heavy atom. The van der Waals surface area contributed by atoms with Crippen LogP contribution in [-0.4, -0.2) is 27.8 Å². The number of rotatable bonds is 6. The van der Waals surface area contributed by atoms with Crippen LogP contribution in [0.5, 0.6) is 0 Å². The van der Waals surface area contributed by atoms with Crippen molar-refractivity contribution in [3.8, 4) is 10.6 Å². The van der Waals surface area contributed by atoms with E-state index < -0.39 is 0 Å². The number of nitrogens with zero attached hydrogens (tertiary/aromatic N) is 2. The van der Waals surface area contributed by atoms with Crippen molar-refractivity contribution < 1.29 is 0 Å². The molecule has 0 bridgehead atoms. The van der Waals surface area contributed by atoms with Crippen molar-refractivity contribution in [1.82, 2.24) is 20.5 Å². The van der Waals surface area contributed by atoms with Crippen molar-refractivity contribution in [2.45, 2.75) is 39.7 Å². The summed E-state index contributed by atoms with van der Waals surface area (Å²) in [7, 11) is 0. The molecule has 0 aliphatic heterocycles. The summed E-state index contributed by atoms with van der Waals surface area (Å²) < 4.78 is 0. The molecule has 2 rings (SSSR count). The third-order valence-corrected chi connectivity index (χ3v) is 3.89. The van der Waals surface area contributed by atoms with E-state index in [-0.39, 0.29) is 5.43 Å². The van der Waals surface area contributed by atoms with Gasteiger partial charge in [-0.1, -0.05) is 25.2 Å². The van der Waals surface area contributed by atoms with Crippen molar-refractivity contribution in [3.05, 3.63) is 33.2 Å². The Kier molecular flexibility index (Phi) is 5.03. The molecule has 0 aromatic carbocycles. The Morgan fingerprint density at radius 2 is 2.20 bits per heavy atom. The molecular formula is C14H20N4OS. The first-order valence-electron chi connectivity index (χ1n) is 6.81. The largest absolute Gasteiger partial charge is 0.364 e. The van der Waals surface area contributed by atoms with Crippen LogP contribution >= 0.6 is 11.3 Å². The van der Waals surface area contributed by atoms with Crippen LogP contribution in [-0.2, 0) is 6.42 Å². The molecule has 0 amide bonds. The van der Waals surface area contributed by atoms with Gasteiger partial charge in [-0.3, -0.25) is 4.79 Å². The first kappa shape index (κ1) is 14.9. The highest BCUT2D eigenvalue weighted by Crippen LogP contribution is 2.20. The quantitative estimate of drug-likeness (QED) is 0.800. The molecule has 0 saturated carbocycles. The van der Waals surface area contributed by atoms with Crippen LogP contribution in [0.25, 0.3) is 10.6 Å². The number of aryl methyl sites for hydroxylation is 2. The van der Waals surface area contributed by atoms with Gasteiger partial charge in [0.2, 0.25) is 0 Å². The highest BCUT2D eigenvalue weighted by molar-refractivity contribution is 7.14. The maximum absolute atomic E-state index is 11.9. The van der Waals surface area contributed by atoms with Crippen LogP contribution in [0.2, 0.25) is 0 Å². The van der Waals surface area contributed by atoms with Gasteiger partial charge in [-0.25, -0.2) is 0 Å². The molecule has 20 heavy (non-hydrogen) atoms. The van der Waals surface area contributed by atoms with Crippen molar-refractivity contribution in [2.24, 2.45) is 0 Å². The molecular weight excluding hydrogens is 272 g/mol. The van der Waals surface area contributed by atoms with Crippen LogP contribution in [0.1, 0.15) is 31.0 Å². The van der Waals surface area contributed by atoms with Crippen molar-refractivity contribution in [3.63, 3.8) is 0 Å². The van der Waals surface area contributed by atoms with Gasteiger partial charge in [0, 0.05) is 30.4 Å². The summed E-state index contributed by atoms with van der Waals surface area (Å²) in [6.45, 7) is 7.09. The van der Waals surface area contributed by atoms with Crippen molar-refractivity contribution >= 4 is 11.3 Å². The first-order valence-corrected chi connectivity index (χ1v) is 7.63. The molecule has 0 aliphatic carbocycles. The number of nitrogens with one attached hydrogen (secondary N) is 2. The summed E-state index contributed by atoms with van der Waals surface area (Å²) >= 11 is 1.49. The maximum Gasteiger partial charge on any atom is 0.192 e. The number of H-pyrrole nitrogens is 1. The third-order valence-electron chi connectivity index (χ3n) is 2.87. The fourth-order valence-corrected chi connectivity index (χ4v) is 2.74. The highest BCUT2D eigenvalue weighted by Gasteiger charge is 2.10. The zero-order valence-corrected chi connectivity index (χ0v) is 12.9. The van der Waals surface area contributed by atoms with E-state index in [9.17, 15) is 4.79 Å². The lowest BCUT2D eigenvalue weighted by atomic mass is 10.2. The number of aromatic amines is 1. The summed E-state index contributed by atoms with van der Waals surface area (Å²) in [6, 6.07) is 2.09. The second-order valence-electron chi connectivity index (χ2n) is 5.11. The summed E-state index contributed by atoms with van der Waals surface area (Å²) in [6.07, 6.45) is 3.63. The molecule has 2 heterocycles. The second kappa shape index (κ2) is 6.76. The Morgan fingerprint density at radius 3 is 2.90 bits per heavy atom. The van der Waals surface area contributed by atoms with Crippen LogP contribution in [0, 0.1) is 6.92 Å². The van der Waals surface area contributed by atoms with E-state index in [0.717, 1.165) is 30.1 Å². The summed E-state index contributed by atoms with van der Waals surface area (Å²) in [5.74, 6) is 0. The van der Waals surface area contributed by atoms with E-state index >= 15 is 0 Å². The standard InChI is InChI=1S/C14H20N4OS/c1-9(2)15-6-4-5-13-17-18-14(20-13)11-8-16-10(3)7-12(11)19/h7-9,15H,4-6H2,1-3H3,(H,16,19). The second-order valence-corrected chi connectivity index (χ2v) is 6.17. The average molecular weight is 292 g/mol. The topological polar surface area (TPSA) is 70.7 Å². The maximum atomic E-state index is 11.9. The fraction of sp³-hybridized carbons (Fsp3) is 0.500. The molecule has 0 spiro atoms. The molecule has 0 fully saturated rings. The van der Waals surface area contributed by atoms with Gasteiger partial charge in [-0.05, 0) is 19.9 Å². The Balaban J connectivity index is 2.00. The van der Waals surface area contributed by atoms with Crippen LogP contribution in [0.4, 0.5) is 0 Å². The van der Waals surface area contributed by atoms with E-state index in [1.165, 1.54) is 11.3 Å². The van der Waals surface area contributed by atoms with Gasteiger partial charge in [0.25, 0.3) is 0 Å². The van der Waals surface area contributed by atoms with Gasteiger partial charge in [0.1, 0.15) is 5.01 Å². The van der Waals surface area contributed by atoms with Crippen molar-refractivity contribution in [2.75, 3.05) is 6.54 Å². The number of hydrogen-bond donors (Lipinski definition) is 2. The summed E-state index contributed by atoms with van der Waals surface area (Å²) in [5, 5.41) is 13.3. The van der Waals surface area contributed by atoms with Crippen molar-refractivity contribution in [1.29, 1.82) is 0 Å². The first-order chi connectivity index (χ1) is 9.56. The third kappa shape index (κ3) is 3.98. The molecule has 2 aromatic rings. The molecule has 2 N–H and O–H groups in total. The van der Waals surface area contributed by atoms with Gasteiger partial charge in [-0.2, -0.15) is 0 Å². The Bertz CT molecular complexity index is 618. The van der Waals surface area contributed by atoms with Crippen LogP contribution in [0.3, 0.4) is 0 Å². The van der Waals surface area contributed by atoms with Gasteiger partial charge in [-0.15, -0.1) is 10.2 Å². The minimum atomic E-state index is -0.00887. The van der Waals surface area contributed by atoms with Crippen LogP contribution < -0.4 is 10.7 Å². The lowest BCUT2D eigenvalue weighted by molar-refractivity contribution is 0.569. The molecule has 5 nitrogen and oxygen atoms in total. The minimum absolute atomic E-state index is 0.00887. The lowest BCUT2D eigenvalue weighted by Crippen LogP contribution is -2.23. The average Bonchev–Trinajstić information content (AvgIpc) is 2.83. The SMILES string of the molecule is Cc1cc(=O)c(-c2nnc(CCCNC(C)C)s2)c[nH]1. The zero-order valence-electron chi connectivity index (χ0n) is 12.1. The minimum Gasteiger partial charge on any atom is -0.364 e. The van der Waals surface area contributed by atoms with Gasteiger partial charge >= 0.3 is 0 Å². The summed E-state index contributed by atoms with van der Waals surface area (Å²) in [5.41, 5.74) is 1.44. The molecule has 2 aromatic heterocycles. The fourth-order valence-electron chi connectivity index (χ4n) is 1.83. The van der Waals surface area contributed by atoms with E-state index in [2.05, 4.69) is 34.3 Å². The molecule has 6 heteroatoms. The Labute approximate surface area is 122 Å². The highest BCUT2D eigenvalue weighted by atomic mass is 32.1. The molecule has 0 saturated heterocycles. The molecule has 108 valence electrons. The smallest absolute Gasteiger partial charge is 0.192 e. The molecule has 0 radical (unpaired) electrons. The van der Waals surface area contributed by atoms with E-state index in [1.54, 1.807) is 12.3 Å². The van der Waals surface area contributed by atoms with Gasteiger partial charge in [0.15, 0.2) is 10.4 Å². The van der Waals surface area contributed by atoms with E-state index in [4.69, 9.17) is 0 Å². The molecule has 0 atom stereocenters. The van der Waals surface area contributed by atoms with E-state index in [1.807, 2.05) is 6.92 Å².